The Morgan fingerprint density at radius 1 is 0.767 bits per heavy atom. The summed E-state index contributed by atoms with van der Waals surface area (Å²) in [5.41, 5.74) is 5.04. The molecule has 0 N–H and O–H groups in total. The largest absolute Gasteiger partial charge is 0.495 e. The van der Waals surface area contributed by atoms with Gasteiger partial charge in [0, 0.05) is 16.9 Å². The molecule has 7 rings (SSSR count). The van der Waals surface area contributed by atoms with Crippen molar-refractivity contribution < 1.29 is 14.3 Å². The van der Waals surface area contributed by atoms with Gasteiger partial charge in [0.1, 0.15) is 5.75 Å². The zero-order valence-corrected chi connectivity index (χ0v) is 17.0. The van der Waals surface area contributed by atoms with Crippen molar-refractivity contribution in [3.63, 3.8) is 0 Å². The maximum atomic E-state index is 13.7. The average molecular weight is 416 g/mol. The molecule has 0 saturated carbocycles. The van der Waals surface area contributed by atoms with Crippen LogP contribution in [0.4, 0.5) is 5.69 Å². The van der Waals surface area contributed by atoms with E-state index < -0.39 is 11.8 Å². The molecule has 2 atom stereocenters. The maximum Gasteiger partial charge on any atom is 0.238 e. The first kappa shape index (κ1) is 17.7. The lowest BCUT2D eigenvalue weighted by Gasteiger charge is -2.45. The van der Waals surface area contributed by atoms with Crippen LogP contribution >= 0.6 is 11.6 Å². The van der Waals surface area contributed by atoms with Crippen LogP contribution in [0, 0.1) is 11.8 Å². The molecule has 3 aliphatic carbocycles. The number of amides is 2. The molecule has 30 heavy (non-hydrogen) atoms. The van der Waals surface area contributed by atoms with Gasteiger partial charge in [0.2, 0.25) is 11.8 Å². The number of halogens is 1. The van der Waals surface area contributed by atoms with Crippen molar-refractivity contribution in [3.8, 4) is 5.75 Å². The normalized spacial score (nSPS) is 25.7. The molecule has 1 aliphatic heterocycles. The van der Waals surface area contributed by atoms with Gasteiger partial charge in [-0.05, 0) is 40.5 Å². The molecule has 1 fully saturated rings. The van der Waals surface area contributed by atoms with Crippen molar-refractivity contribution >= 4 is 29.1 Å². The van der Waals surface area contributed by atoms with Crippen LogP contribution in [-0.2, 0) is 9.59 Å². The summed E-state index contributed by atoms with van der Waals surface area (Å²) >= 11 is 6.21. The Morgan fingerprint density at radius 3 is 1.67 bits per heavy atom. The molecule has 148 valence electrons. The second-order valence-corrected chi connectivity index (χ2v) is 8.53. The number of methoxy groups -OCH3 is 1. The third-order valence-corrected chi connectivity index (χ3v) is 7.07. The van der Waals surface area contributed by atoms with Crippen LogP contribution in [0.3, 0.4) is 0 Å². The summed E-state index contributed by atoms with van der Waals surface area (Å²) < 4.78 is 5.45. The summed E-state index contributed by atoms with van der Waals surface area (Å²) in [5, 5.41) is 0.454. The Bertz CT molecular complexity index is 1120. The summed E-state index contributed by atoms with van der Waals surface area (Å²) in [7, 11) is 1.53. The number of ether oxygens (including phenoxy) is 1. The van der Waals surface area contributed by atoms with E-state index in [0.717, 1.165) is 22.3 Å². The first-order chi connectivity index (χ1) is 14.6. The number of rotatable bonds is 2. The number of hydrogen-bond donors (Lipinski definition) is 0. The lowest BCUT2D eigenvalue weighted by Crippen LogP contribution is -2.41. The van der Waals surface area contributed by atoms with Crippen LogP contribution in [0.2, 0.25) is 5.02 Å². The lowest BCUT2D eigenvalue weighted by atomic mass is 9.55. The van der Waals surface area contributed by atoms with E-state index in [1.165, 1.54) is 12.0 Å². The second kappa shape index (κ2) is 6.19. The highest BCUT2D eigenvalue weighted by molar-refractivity contribution is 6.31. The number of carbonyl (C=O) groups is 2. The molecule has 3 aromatic rings. The second-order valence-electron chi connectivity index (χ2n) is 8.09. The average Bonchev–Trinajstić information content (AvgIpc) is 3.04. The van der Waals surface area contributed by atoms with Gasteiger partial charge in [-0.3, -0.25) is 9.59 Å². The summed E-state index contributed by atoms with van der Waals surface area (Å²) in [4.78, 5) is 28.8. The Morgan fingerprint density at radius 2 is 1.23 bits per heavy atom. The summed E-state index contributed by atoms with van der Waals surface area (Å²) in [5.74, 6) is -0.985. The highest BCUT2D eigenvalue weighted by Gasteiger charge is 2.62. The Kier molecular flexibility index (Phi) is 3.66. The van der Waals surface area contributed by atoms with Crippen LogP contribution in [0.5, 0.6) is 5.75 Å². The molecule has 5 heteroatoms. The molecular formula is C25H18ClNO3. The van der Waals surface area contributed by atoms with Gasteiger partial charge in [0.15, 0.2) is 0 Å². The quantitative estimate of drug-likeness (QED) is 0.568. The Labute approximate surface area is 179 Å². The molecule has 0 aromatic heterocycles. The van der Waals surface area contributed by atoms with Crippen molar-refractivity contribution in [3.05, 3.63) is 94.0 Å². The number of carbonyl (C=O) groups excluding carboxylic acids is 2. The van der Waals surface area contributed by atoms with Crippen LogP contribution in [-0.4, -0.2) is 18.9 Å². The third kappa shape index (κ3) is 2.12. The Balaban J connectivity index is 1.57. The van der Waals surface area contributed by atoms with E-state index in [4.69, 9.17) is 16.3 Å². The van der Waals surface area contributed by atoms with E-state index in [2.05, 4.69) is 24.3 Å². The molecule has 4 nitrogen and oxygen atoms in total. The van der Waals surface area contributed by atoms with E-state index >= 15 is 0 Å². The van der Waals surface area contributed by atoms with Crippen LogP contribution in [0.1, 0.15) is 34.1 Å². The standard InChI is InChI=1S/C25H18ClNO3/c1-30-19-11-10-13(26)12-18(19)27-24(28)22-20-14-6-2-3-7-15(14)21(23(22)25(27)29)17-9-5-4-8-16(17)20/h2-12,20-23H,1H3/t20?,21?,22-,23-/m1/s1. The van der Waals surface area contributed by atoms with E-state index in [9.17, 15) is 9.59 Å². The van der Waals surface area contributed by atoms with E-state index in [0.29, 0.717) is 16.5 Å². The molecule has 2 amide bonds. The van der Waals surface area contributed by atoms with Gasteiger partial charge in [0.05, 0.1) is 24.6 Å². The fraction of sp³-hybridized carbons (Fsp3) is 0.200. The molecule has 0 radical (unpaired) electrons. The molecule has 0 spiro atoms. The van der Waals surface area contributed by atoms with E-state index in [1.807, 2.05) is 24.3 Å². The van der Waals surface area contributed by atoms with Gasteiger partial charge in [-0.25, -0.2) is 4.90 Å². The lowest BCUT2D eigenvalue weighted by molar-refractivity contribution is -0.122. The highest BCUT2D eigenvalue weighted by Crippen LogP contribution is 2.61. The number of imide groups is 1. The van der Waals surface area contributed by atoms with Crippen molar-refractivity contribution in [2.75, 3.05) is 12.0 Å². The molecule has 1 heterocycles. The van der Waals surface area contributed by atoms with Gasteiger partial charge in [-0.2, -0.15) is 0 Å². The van der Waals surface area contributed by atoms with E-state index in [-0.39, 0.29) is 23.7 Å². The molecule has 2 bridgehead atoms. The minimum absolute atomic E-state index is 0.126. The van der Waals surface area contributed by atoms with Gasteiger partial charge >= 0.3 is 0 Å². The van der Waals surface area contributed by atoms with Crippen molar-refractivity contribution in [2.24, 2.45) is 11.8 Å². The predicted molar refractivity (Wildman–Crippen MR) is 114 cm³/mol. The number of benzene rings is 3. The molecule has 0 unspecified atom stereocenters. The zero-order valence-electron chi connectivity index (χ0n) is 16.2. The fourth-order valence-corrected chi connectivity index (χ4v) is 5.92. The van der Waals surface area contributed by atoms with Crippen molar-refractivity contribution in [1.82, 2.24) is 0 Å². The number of anilines is 1. The van der Waals surface area contributed by atoms with Crippen LogP contribution in [0.25, 0.3) is 0 Å². The minimum Gasteiger partial charge on any atom is -0.495 e. The first-order valence-corrected chi connectivity index (χ1v) is 10.4. The number of nitrogens with zero attached hydrogens (tertiary/aromatic N) is 1. The van der Waals surface area contributed by atoms with Crippen molar-refractivity contribution in [1.29, 1.82) is 0 Å². The van der Waals surface area contributed by atoms with Gasteiger partial charge in [-0.1, -0.05) is 60.1 Å². The zero-order chi connectivity index (χ0) is 20.6. The third-order valence-electron chi connectivity index (χ3n) is 6.83. The monoisotopic (exact) mass is 415 g/mol. The summed E-state index contributed by atoms with van der Waals surface area (Å²) in [6.07, 6.45) is 0. The Hall–Kier alpha value is -3.11. The van der Waals surface area contributed by atoms with Gasteiger partial charge < -0.3 is 4.74 Å². The minimum atomic E-state index is -0.420. The molecule has 3 aromatic carbocycles. The summed E-state index contributed by atoms with van der Waals surface area (Å²) in [6.45, 7) is 0. The van der Waals surface area contributed by atoms with E-state index in [1.54, 1.807) is 18.2 Å². The molecule has 4 aliphatic rings. The van der Waals surface area contributed by atoms with Crippen LogP contribution < -0.4 is 9.64 Å². The van der Waals surface area contributed by atoms with Gasteiger partial charge in [-0.15, -0.1) is 0 Å². The topological polar surface area (TPSA) is 46.6 Å². The predicted octanol–water partition coefficient (Wildman–Crippen LogP) is 4.75. The SMILES string of the molecule is COc1ccc(Cl)cc1N1C(=O)[C@@H]2C3c4ccccc4C(c4ccccc43)[C@H]2C1=O. The van der Waals surface area contributed by atoms with Crippen molar-refractivity contribution in [2.45, 2.75) is 11.8 Å². The maximum absolute atomic E-state index is 13.7. The number of hydrogen-bond acceptors (Lipinski definition) is 3. The highest BCUT2D eigenvalue weighted by atomic mass is 35.5. The molecular weight excluding hydrogens is 398 g/mol. The van der Waals surface area contributed by atoms with Crippen LogP contribution in [0.15, 0.2) is 66.7 Å². The smallest absolute Gasteiger partial charge is 0.238 e. The first-order valence-electron chi connectivity index (χ1n) is 10.0. The fourth-order valence-electron chi connectivity index (χ4n) is 5.75. The summed E-state index contributed by atoms with van der Waals surface area (Å²) in [6, 6.07) is 21.4. The molecule has 1 saturated heterocycles. The van der Waals surface area contributed by atoms with Gasteiger partial charge in [0.25, 0.3) is 0 Å².